The Morgan fingerprint density at radius 2 is 2.00 bits per heavy atom. The molecule has 0 aromatic rings. The number of carbonyl (C=O) groups is 2. The predicted molar refractivity (Wildman–Crippen MR) is 42.0 cm³/mol. The standard InChI is InChI=1S/C7H11NO4/c1-8-5(7(10)12-3)4-6(9)11-2/h5H,1,4H2,2-3H3/t5-/m0/s1. The summed E-state index contributed by atoms with van der Waals surface area (Å²) in [5.74, 6) is -1.10. The summed E-state index contributed by atoms with van der Waals surface area (Å²) < 4.78 is 8.71. The Bertz CT molecular complexity index is 190. The zero-order chi connectivity index (χ0) is 9.56. The second kappa shape index (κ2) is 5.29. The van der Waals surface area contributed by atoms with Crippen molar-refractivity contribution in [1.82, 2.24) is 0 Å². The third kappa shape index (κ3) is 3.14. The maximum absolute atomic E-state index is 10.8. The van der Waals surface area contributed by atoms with Gasteiger partial charge in [-0.3, -0.25) is 9.79 Å². The molecular weight excluding hydrogens is 162 g/mol. The monoisotopic (exact) mass is 173 g/mol. The van der Waals surface area contributed by atoms with E-state index in [4.69, 9.17) is 0 Å². The molecule has 0 spiro atoms. The smallest absolute Gasteiger partial charge is 0.331 e. The Kier molecular flexibility index (Phi) is 4.67. The lowest BCUT2D eigenvalue weighted by Crippen LogP contribution is -2.23. The van der Waals surface area contributed by atoms with E-state index in [-0.39, 0.29) is 6.42 Å². The fraction of sp³-hybridized carbons (Fsp3) is 0.571. The van der Waals surface area contributed by atoms with Crippen LogP contribution in [0.1, 0.15) is 6.42 Å². The minimum Gasteiger partial charge on any atom is -0.469 e. The molecular formula is C7H11NO4. The SMILES string of the molecule is C=N[C@@H](CC(=O)OC)C(=O)OC. The number of hydrogen-bond acceptors (Lipinski definition) is 5. The highest BCUT2D eigenvalue weighted by Gasteiger charge is 2.20. The number of aliphatic imine (C=N–C) groups is 1. The minimum atomic E-state index is -0.859. The van der Waals surface area contributed by atoms with Gasteiger partial charge in [-0.1, -0.05) is 0 Å². The molecule has 0 rings (SSSR count). The number of methoxy groups -OCH3 is 2. The molecule has 1 atom stereocenters. The number of esters is 2. The Morgan fingerprint density at radius 1 is 1.42 bits per heavy atom. The average molecular weight is 173 g/mol. The number of nitrogens with zero attached hydrogens (tertiary/aromatic N) is 1. The second-order valence-electron chi connectivity index (χ2n) is 2.00. The van der Waals surface area contributed by atoms with E-state index in [1.807, 2.05) is 0 Å². The first-order valence-corrected chi connectivity index (χ1v) is 3.26. The van der Waals surface area contributed by atoms with Crippen LogP contribution >= 0.6 is 0 Å². The Morgan fingerprint density at radius 3 is 2.33 bits per heavy atom. The predicted octanol–water partition coefficient (Wildman–Crippen LogP) is -0.208. The van der Waals surface area contributed by atoms with Crippen molar-refractivity contribution in [2.75, 3.05) is 14.2 Å². The molecule has 68 valence electrons. The molecule has 0 amide bonds. The molecule has 0 saturated heterocycles. The largest absolute Gasteiger partial charge is 0.469 e. The summed E-state index contributed by atoms with van der Waals surface area (Å²) in [5.41, 5.74) is 0. The first-order chi connectivity index (χ1) is 5.65. The quantitative estimate of drug-likeness (QED) is 0.436. The van der Waals surface area contributed by atoms with Crippen LogP contribution in [0.15, 0.2) is 4.99 Å². The van der Waals surface area contributed by atoms with E-state index < -0.39 is 18.0 Å². The van der Waals surface area contributed by atoms with Crippen molar-refractivity contribution in [3.05, 3.63) is 0 Å². The number of ether oxygens (including phenoxy) is 2. The lowest BCUT2D eigenvalue weighted by Gasteiger charge is -2.06. The van der Waals surface area contributed by atoms with Gasteiger partial charge >= 0.3 is 11.9 Å². The Balaban J connectivity index is 4.08. The van der Waals surface area contributed by atoms with E-state index in [1.54, 1.807) is 0 Å². The van der Waals surface area contributed by atoms with Gasteiger partial charge in [-0.05, 0) is 6.72 Å². The Hall–Kier alpha value is -1.39. The van der Waals surface area contributed by atoms with Crippen LogP contribution in [-0.4, -0.2) is 38.9 Å². The molecule has 0 saturated carbocycles. The number of rotatable bonds is 4. The molecule has 0 aliphatic heterocycles. The Labute approximate surface area is 70.4 Å². The lowest BCUT2D eigenvalue weighted by molar-refractivity contribution is -0.148. The highest BCUT2D eigenvalue weighted by molar-refractivity contribution is 5.83. The molecule has 0 aliphatic rings. The van der Waals surface area contributed by atoms with Crippen molar-refractivity contribution >= 4 is 18.7 Å². The molecule has 12 heavy (non-hydrogen) atoms. The van der Waals surface area contributed by atoms with Gasteiger partial charge in [0.15, 0.2) is 6.04 Å². The average Bonchev–Trinajstić information content (AvgIpc) is 2.12. The van der Waals surface area contributed by atoms with Gasteiger partial charge in [0, 0.05) is 0 Å². The fourth-order valence-electron chi connectivity index (χ4n) is 0.600. The molecule has 0 N–H and O–H groups in total. The van der Waals surface area contributed by atoms with Gasteiger partial charge in [-0.2, -0.15) is 0 Å². The normalized spacial score (nSPS) is 11.5. The van der Waals surface area contributed by atoms with E-state index in [9.17, 15) is 9.59 Å². The number of hydrogen-bond donors (Lipinski definition) is 0. The van der Waals surface area contributed by atoms with Crippen LogP contribution in [0.4, 0.5) is 0 Å². The number of carbonyl (C=O) groups excluding carboxylic acids is 2. The fourth-order valence-corrected chi connectivity index (χ4v) is 0.600. The molecule has 0 radical (unpaired) electrons. The van der Waals surface area contributed by atoms with Gasteiger partial charge in [0.25, 0.3) is 0 Å². The van der Waals surface area contributed by atoms with Crippen molar-refractivity contribution < 1.29 is 19.1 Å². The van der Waals surface area contributed by atoms with Crippen LogP contribution in [0.3, 0.4) is 0 Å². The lowest BCUT2D eigenvalue weighted by atomic mass is 10.2. The summed E-state index contributed by atoms with van der Waals surface area (Å²) in [6.45, 7) is 3.16. The summed E-state index contributed by atoms with van der Waals surface area (Å²) >= 11 is 0. The summed E-state index contributed by atoms with van der Waals surface area (Å²) in [5, 5.41) is 0. The van der Waals surface area contributed by atoms with E-state index in [0.29, 0.717) is 0 Å². The molecule has 0 fully saturated rings. The molecule has 0 aromatic heterocycles. The van der Waals surface area contributed by atoms with Crippen LogP contribution in [0, 0.1) is 0 Å². The second-order valence-corrected chi connectivity index (χ2v) is 2.00. The van der Waals surface area contributed by atoms with Gasteiger partial charge in [-0.15, -0.1) is 0 Å². The molecule has 0 aromatic carbocycles. The molecule has 0 aliphatic carbocycles. The zero-order valence-electron chi connectivity index (χ0n) is 7.07. The van der Waals surface area contributed by atoms with Crippen molar-refractivity contribution in [3.8, 4) is 0 Å². The van der Waals surface area contributed by atoms with Crippen molar-refractivity contribution in [2.45, 2.75) is 12.5 Å². The highest BCUT2D eigenvalue weighted by atomic mass is 16.5. The summed E-state index contributed by atoms with van der Waals surface area (Å²) in [4.78, 5) is 24.9. The first-order valence-electron chi connectivity index (χ1n) is 3.26. The van der Waals surface area contributed by atoms with E-state index >= 15 is 0 Å². The van der Waals surface area contributed by atoms with Crippen molar-refractivity contribution in [2.24, 2.45) is 4.99 Å². The third-order valence-corrected chi connectivity index (χ3v) is 1.28. The van der Waals surface area contributed by atoms with E-state index in [2.05, 4.69) is 21.2 Å². The topological polar surface area (TPSA) is 65.0 Å². The molecule has 0 bridgehead atoms. The summed E-state index contributed by atoms with van der Waals surface area (Å²) in [7, 11) is 2.46. The molecule has 5 nitrogen and oxygen atoms in total. The van der Waals surface area contributed by atoms with Crippen LogP contribution in [0.25, 0.3) is 0 Å². The summed E-state index contributed by atoms with van der Waals surface area (Å²) in [6, 6.07) is -0.859. The maximum atomic E-state index is 10.8. The third-order valence-electron chi connectivity index (χ3n) is 1.28. The zero-order valence-corrected chi connectivity index (χ0v) is 7.07. The van der Waals surface area contributed by atoms with Gasteiger partial charge in [-0.25, -0.2) is 4.79 Å². The van der Waals surface area contributed by atoms with E-state index in [1.165, 1.54) is 14.2 Å². The van der Waals surface area contributed by atoms with Crippen LogP contribution in [0.2, 0.25) is 0 Å². The van der Waals surface area contributed by atoms with Gasteiger partial charge in [0.1, 0.15) is 0 Å². The van der Waals surface area contributed by atoms with Crippen LogP contribution in [-0.2, 0) is 19.1 Å². The first kappa shape index (κ1) is 10.6. The maximum Gasteiger partial charge on any atom is 0.331 e. The highest BCUT2D eigenvalue weighted by Crippen LogP contribution is 2.00. The molecule has 5 heteroatoms. The molecule has 0 unspecified atom stereocenters. The van der Waals surface area contributed by atoms with Crippen LogP contribution in [0.5, 0.6) is 0 Å². The van der Waals surface area contributed by atoms with Crippen molar-refractivity contribution in [3.63, 3.8) is 0 Å². The van der Waals surface area contributed by atoms with Gasteiger partial charge in [0.2, 0.25) is 0 Å². The van der Waals surface area contributed by atoms with Gasteiger partial charge < -0.3 is 9.47 Å². The van der Waals surface area contributed by atoms with Crippen LogP contribution < -0.4 is 0 Å². The minimum absolute atomic E-state index is 0.132. The van der Waals surface area contributed by atoms with Gasteiger partial charge in [0.05, 0.1) is 20.6 Å². The van der Waals surface area contributed by atoms with Crippen molar-refractivity contribution in [1.29, 1.82) is 0 Å². The van der Waals surface area contributed by atoms with E-state index in [0.717, 1.165) is 0 Å². The summed E-state index contributed by atoms with van der Waals surface area (Å²) in [6.07, 6.45) is -0.132. The molecule has 0 heterocycles.